The van der Waals surface area contributed by atoms with Crippen LogP contribution in [0, 0.1) is 55.4 Å². The Hall–Kier alpha value is -3.14. The van der Waals surface area contributed by atoms with Gasteiger partial charge in [-0.25, -0.2) is 9.34 Å². The lowest BCUT2D eigenvalue weighted by Gasteiger charge is -2.40. The predicted octanol–water partition coefficient (Wildman–Crippen LogP) is 15.0. The van der Waals surface area contributed by atoms with Crippen molar-refractivity contribution < 1.29 is 18.1 Å². The zero-order chi connectivity index (χ0) is 44.9. The van der Waals surface area contributed by atoms with Crippen molar-refractivity contribution in [1.29, 1.82) is 0 Å². The molecule has 0 radical (unpaired) electrons. The highest BCUT2D eigenvalue weighted by Crippen LogP contribution is 2.54. The highest BCUT2D eigenvalue weighted by molar-refractivity contribution is 7.46. The monoisotopic (exact) mass is 855 g/mol. The van der Waals surface area contributed by atoms with E-state index in [0.29, 0.717) is 0 Å². The van der Waals surface area contributed by atoms with E-state index in [2.05, 4.69) is 196 Å². The van der Waals surface area contributed by atoms with Gasteiger partial charge in [-0.1, -0.05) is 154 Å². The summed E-state index contributed by atoms with van der Waals surface area (Å²) < 4.78 is 34.0. The average molecular weight is 855 g/mol. The maximum absolute atomic E-state index is 7.29. The quantitative estimate of drug-likeness (QED) is 0.148. The van der Waals surface area contributed by atoms with Crippen LogP contribution < -0.4 is 18.1 Å². The first kappa shape index (κ1) is 47.9. The molecule has 0 spiro atoms. The maximum Gasteiger partial charge on any atom is 0.384 e. The Kier molecular flexibility index (Phi) is 14.3. The molecule has 0 aliphatic carbocycles. The van der Waals surface area contributed by atoms with Crippen LogP contribution in [0.3, 0.4) is 0 Å². The summed E-state index contributed by atoms with van der Waals surface area (Å²) in [7, 11) is -3.14. The lowest BCUT2D eigenvalue weighted by atomic mass is 9.84. The van der Waals surface area contributed by atoms with Gasteiger partial charge in [-0.3, -0.25) is 0 Å². The first-order valence-electron chi connectivity index (χ1n) is 21.8. The molecule has 0 saturated carbocycles. The molecule has 1 aliphatic heterocycles. The summed E-state index contributed by atoms with van der Waals surface area (Å²) in [6.07, 6.45) is 0. The Labute approximate surface area is 367 Å². The first-order chi connectivity index (χ1) is 27.5. The van der Waals surface area contributed by atoms with E-state index >= 15 is 0 Å². The Morgan fingerprint density at radius 3 is 0.683 bits per heavy atom. The highest BCUT2D eigenvalue weighted by atomic mass is 31.2. The minimum Gasteiger partial charge on any atom is -0.426 e. The van der Waals surface area contributed by atoms with Crippen LogP contribution in [-0.2, 0) is 21.7 Å². The highest BCUT2D eigenvalue weighted by Gasteiger charge is 2.39. The average Bonchev–Trinajstić information content (AvgIpc) is 3.09. The molecule has 4 aromatic carbocycles. The van der Waals surface area contributed by atoms with Crippen LogP contribution in [-0.4, -0.2) is 35.5 Å². The Balaban J connectivity index is 1.58. The second-order valence-electron chi connectivity index (χ2n) is 21.6. The van der Waals surface area contributed by atoms with E-state index in [0.717, 1.165) is 71.4 Å². The molecule has 0 aromatic heterocycles. The Bertz CT molecular complexity index is 1880. The minimum atomic E-state index is -1.57. The van der Waals surface area contributed by atoms with E-state index in [-0.39, 0.29) is 21.7 Å². The molecule has 0 unspecified atom stereocenters. The number of rotatable bonds is 10. The molecule has 60 heavy (non-hydrogen) atoms. The maximum atomic E-state index is 7.29. The number of benzene rings is 4. The number of hydrogen-bond donors (Lipinski definition) is 0. The van der Waals surface area contributed by atoms with Crippen LogP contribution in [0.5, 0.6) is 23.0 Å². The molecule has 328 valence electrons. The van der Waals surface area contributed by atoms with Crippen LogP contribution >= 0.6 is 17.1 Å². The van der Waals surface area contributed by atoms with E-state index in [1.165, 1.54) is 44.5 Å². The molecule has 1 saturated heterocycles. The van der Waals surface area contributed by atoms with Crippen molar-refractivity contribution in [2.45, 2.75) is 160 Å². The van der Waals surface area contributed by atoms with Gasteiger partial charge in [0.2, 0.25) is 0 Å². The lowest BCUT2D eigenvalue weighted by Crippen LogP contribution is -2.44. The Morgan fingerprint density at radius 2 is 0.517 bits per heavy atom. The van der Waals surface area contributed by atoms with Crippen molar-refractivity contribution in [1.82, 2.24) is 9.34 Å². The van der Waals surface area contributed by atoms with Crippen molar-refractivity contribution >= 4 is 17.1 Å². The van der Waals surface area contributed by atoms with E-state index in [1.807, 2.05) is 0 Å². The molecule has 4 aromatic rings. The lowest BCUT2D eigenvalue weighted by molar-refractivity contribution is 0.234. The number of hydrogen-bond acceptors (Lipinski definition) is 6. The van der Waals surface area contributed by atoms with Gasteiger partial charge in [-0.2, -0.15) is 0 Å². The topological polar surface area (TPSA) is 43.4 Å². The molecule has 1 aliphatic rings. The molecule has 1 heterocycles. The number of aryl methyl sites for hydroxylation is 8. The fourth-order valence-electron chi connectivity index (χ4n) is 8.12. The molecule has 6 nitrogen and oxygen atoms in total. The molecule has 5 rings (SSSR count). The third kappa shape index (κ3) is 11.3. The number of piperazine rings is 1. The summed E-state index contributed by atoms with van der Waals surface area (Å²) in [4.78, 5) is 0. The molecule has 0 amide bonds. The van der Waals surface area contributed by atoms with Crippen molar-refractivity contribution in [3.63, 3.8) is 0 Å². The molecule has 8 heteroatoms. The number of nitrogens with zero attached hydrogens (tertiary/aromatic N) is 2. The summed E-state index contributed by atoms with van der Waals surface area (Å²) in [5.74, 6) is 3.69. The SMILES string of the molecule is Cc1cc(C)c(OP(Oc2c(C)cc(C)cc2C(C)(C)C)N2CCN(P(Oc3c(C)cc(C)cc3C(C)(C)C)Oc3c(C)cc(C)cc3C(C)(C)C)CC2)c(C(C)(C)C)c1. The standard InChI is InChI=1S/C52H76N2O4P2/c1-33-25-37(5)45(41(29-33)49(9,10)11)55-59(56-46-38(6)26-34(2)30-42(46)50(12,13)14)53-21-23-54(24-22-53)60(57-47-39(7)27-35(3)31-43(47)51(15,16)17)58-48-40(8)28-36(4)32-44(48)52(18,19)20/h25-32H,21-24H2,1-20H3. The Morgan fingerprint density at radius 1 is 0.333 bits per heavy atom. The van der Waals surface area contributed by atoms with Crippen LogP contribution in [0.1, 0.15) is 150 Å². The molecule has 1 fully saturated rings. The third-order valence-electron chi connectivity index (χ3n) is 11.3. The summed E-state index contributed by atoms with van der Waals surface area (Å²) in [6, 6.07) is 18.1. The van der Waals surface area contributed by atoms with Crippen LogP contribution in [0.25, 0.3) is 0 Å². The molecule has 0 N–H and O–H groups in total. The van der Waals surface area contributed by atoms with E-state index < -0.39 is 17.1 Å². The van der Waals surface area contributed by atoms with E-state index in [9.17, 15) is 0 Å². The fourth-order valence-corrected chi connectivity index (χ4v) is 11.3. The predicted molar refractivity (Wildman–Crippen MR) is 258 cm³/mol. The molecular formula is C52H76N2O4P2. The minimum absolute atomic E-state index is 0.118. The van der Waals surface area contributed by atoms with Gasteiger partial charge < -0.3 is 18.1 Å². The molecule has 0 atom stereocenters. The van der Waals surface area contributed by atoms with Crippen molar-refractivity contribution in [3.8, 4) is 23.0 Å². The van der Waals surface area contributed by atoms with Gasteiger partial charge in [0.25, 0.3) is 0 Å². The summed E-state index contributed by atoms with van der Waals surface area (Å²) in [6.45, 7) is 47.4. The normalized spacial score (nSPS) is 14.9. The zero-order valence-electron chi connectivity index (χ0n) is 40.9. The smallest absolute Gasteiger partial charge is 0.384 e. The first-order valence-corrected chi connectivity index (χ1v) is 24.1. The zero-order valence-corrected chi connectivity index (χ0v) is 42.7. The van der Waals surface area contributed by atoms with Gasteiger partial charge in [0, 0.05) is 48.4 Å². The van der Waals surface area contributed by atoms with Gasteiger partial charge in [0.15, 0.2) is 0 Å². The fraction of sp³-hybridized carbons (Fsp3) is 0.538. The van der Waals surface area contributed by atoms with Crippen LogP contribution in [0.2, 0.25) is 0 Å². The summed E-state index contributed by atoms with van der Waals surface area (Å²) in [5.41, 5.74) is 13.8. The summed E-state index contributed by atoms with van der Waals surface area (Å²) >= 11 is 0. The summed E-state index contributed by atoms with van der Waals surface area (Å²) in [5, 5.41) is 0. The second kappa shape index (κ2) is 17.9. The molecular weight excluding hydrogens is 779 g/mol. The van der Waals surface area contributed by atoms with Gasteiger partial charge in [0.1, 0.15) is 23.0 Å². The van der Waals surface area contributed by atoms with Gasteiger partial charge >= 0.3 is 17.1 Å². The van der Waals surface area contributed by atoms with Gasteiger partial charge in [0.05, 0.1) is 0 Å². The second-order valence-corrected chi connectivity index (χ2v) is 24.4. The molecule has 0 bridgehead atoms. The van der Waals surface area contributed by atoms with Crippen LogP contribution in [0.4, 0.5) is 0 Å². The van der Waals surface area contributed by atoms with Gasteiger partial charge in [-0.05, 0) is 99.3 Å². The van der Waals surface area contributed by atoms with Gasteiger partial charge in [-0.15, -0.1) is 0 Å². The third-order valence-corrected chi connectivity index (χ3v) is 14.4. The van der Waals surface area contributed by atoms with Crippen molar-refractivity contribution in [2.24, 2.45) is 0 Å². The van der Waals surface area contributed by atoms with Crippen molar-refractivity contribution in [2.75, 3.05) is 26.2 Å². The largest absolute Gasteiger partial charge is 0.426 e. The van der Waals surface area contributed by atoms with Crippen LogP contribution in [0.15, 0.2) is 48.5 Å². The van der Waals surface area contributed by atoms with Crippen molar-refractivity contribution in [3.05, 3.63) is 115 Å². The van der Waals surface area contributed by atoms with E-state index in [1.54, 1.807) is 0 Å². The van der Waals surface area contributed by atoms with E-state index in [4.69, 9.17) is 18.1 Å².